The second-order valence-corrected chi connectivity index (χ2v) is 14.0. The second kappa shape index (κ2) is 15.5. The Morgan fingerprint density at radius 2 is 1.93 bits per heavy atom. The molecule has 12 heteroatoms. The van der Waals surface area contributed by atoms with Gasteiger partial charge in [-0.2, -0.15) is 0 Å². The lowest BCUT2D eigenvalue weighted by atomic mass is 9.43. The number of nitrogens with two attached hydrogens (primary N) is 1. The third-order valence-corrected chi connectivity index (χ3v) is 9.90. The first-order chi connectivity index (χ1) is 20.3. The van der Waals surface area contributed by atoms with Gasteiger partial charge in [0.15, 0.2) is 10.8 Å². The molecule has 1 saturated heterocycles. The van der Waals surface area contributed by atoms with Crippen molar-refractivity contribution >= 4 is 24.8 Å². The van der Waals surface area contributed by atoms with Gasteiger partial charge in [0.05, 0.1) is 17.6 Å². The average Bonchev–Trinajstić information content (AvgIpc) is 3.28. The summed E-state index contributed by atoms with van der Waals surface area (Å²) >= 11 is 0. The summed E-state index contributed by atoms with van der Waals surface area (Å²) in [5.74, 6) is -0.199. The topological polar surface area (TPSA) is 158 Å². The summed E-state index contributed by atoms with van der Waals surface area (Å²) < 4.78 is 13.2. The molecule has 1 aliphatic heterocycles. The standard InChI is InChI=1S/C31H54BN5O6/c1-7-8-9-10-11-12-15-24(38)18-22(14-13-16-34-29(33)36-37(40)41)28(39)35-27(17-21(2)3)32-42-26-20-23-19-25(30(23,4)5)31(26,6)43-32/h12,15,21-23,25-27H,7-11,13-14,16-20H2,1-6H3,(H,35,39)(H3,33,34,36)/b15-12+/t22-,23-,25-,26-,27+,31+/m1/s1. The smallest absolute Gasteiger partial charge is 0.404 e. The van der Waals surface area contributed by atoms with Crippen molar-refractivity contribution < 1.29 is 23.9 Å². The Kier molecular flexibility index (Phi) is 12.6. The van der Waals surface area contributed by atoms with Crippen molar-refractivity contribution in [3.63, 3.8) is 0 Å². The van der Waals surface area contributed by atoms with E-state index in [9.17, 15) is 19.7 Å². The molecule has 4 rings (SSSR count). The van der Waals surface area contributed by atoms with E-state index in [4.69, 9.17) is 15.0 Å². The van der Waals surface area contributed by atoms with Crippen LogP contribution in [0.25, 0.3) is 0 Å². The predicted molar refractivity (Wildman–Crippen MR) is 168 cm³/mol. The summed E-state index contributed by atoms with van der Waals surface area (Å²) in [7, 11) is -0.548. The van der Waals surface area contributed by atoms with Gasteiger partial charge in [0.25, 0.3) is 5.96 Å². The van der Waals surface area contributed by atoms with Crippen molar-refractivity contribution in [1.82, 2.24) is 10.7 Å². The highest BCUT2D eigenvalue weighted by molar-refractivity contribution is 6.47. The minimum atomic E-state index is -0.773. The fraction of sp³-hybridized carbons (Fsp3) is 0.839. The van der Waals surface area contributed by atoms with Crippen molar-refractivity contribution in [2.45, 2.75) is 130 Å². The monoisotopic (exact) mass is 603 g/mol. The molecule has 0 unspecified atom stereocenters. The molecule has 3 aliphatic carbocycles. The van der Waals surface area contributed by atoms with Gasteiger partial charge < -0.3 is 20.4 Å². The van der Waals surface area contributed by atoms with Crippen LogP contribution in [0.15, 0.2) is 17.1 Å². The van der Waals surface area contributed by atoms with Crippen LogP contribution in [0.5, 0.6) is 0 Å². The highest BCUT2D eigenvalue weighted by Crippen LogP contribution is 2.65. The van der Waals surface area contributed by atoms with E-state index in [0.29, 0.717) is 37.0 Å². The molecular weight excluding hydrogens is 549 g/mol. The Bertz CT molecular complexity index is 1040. The van der Waals surface area contributed by atoms with Crippen LogP contribution in [-0.4, -0.2) is 54.0 Å². The lowest BCUT2D eigenvalue weighted by Gasteiger charge is -2.64. The first-order valence-electron chi connectivity index (χ1n) is 16.3. The fourth-order valence-electron chi connectivity index (χ4n) is 7.32. The lowest BCUT2D eigenvalue weighted by Crippen LogP contribution is -2.65. The quantitative estimate of drug-likeness (QED) is 0.0385. The molecule has 4 fully saturated rings. The number of carbonyl (C=O) groups is 2. The van der Waals surface area contributed by atoms with Crippen molar-refractivity contribution in [1.29, 1.82) is 0 Å². The van der Waals surface area contributed by atoms with Crippen molar-refractivity contribution in [2.75, 3.05) is 6.54 Å². The Labute approximate surface area is 257 Å². The van der Waals surface area contributed by atoms with E-state index < -0.39 is 18.1 Å². The van der Waals surface area contributed by atoms with Crippen LogP contribution in [0.3, 0.4) is 0 Å². The molecule has 0 aromatic rings. The Morgan fingerprint density at radius 1 is 1.19 bits per heavy atom. The number of nitrogens with zero attached hydrogens (tertiary/aromatic N) is 2. The van der Waals surface area contributed by atoms with Crippen LogP contribution in [0, 0.1) is 39.2 Å². The SMILES string of the molecule is CCCCCC/C=C/C(=O)C[C@@H](CCCN=C(N)N[N+](=O)[O-])C(=O)N[C@@H](CC(C)C)B1O[C@@H]2C[C@H]3C[C@H](C3(C)C)[C@]2(C)O1. The third-order valence-electron chi connectivity index (χ3n) is 9.90. The number of aliphatic imine (C=N–C) groups is 1. The average molecular weight is 604 g/mol. The Morgan fingerprint density at radius 3 is 2.58 bits per heavy atom. The fourth-order valence-corrected chi connectivity index (χ4v) is 7.32. The van der Waals surface area contributed by atoms with E-state index in [2.05, 4.69) is 51.9 Å². The summed E-state index contributed by atoms with van der Waals surface area (Å²) in [5.41, 5.74) is 7.19. The minimum absolute atomic E-state index is 0.0109. The van der Waals surface area contributed by atoms with Crippen LogP contribution in [0.2, 0.25) is 0 Å². The molecule has 6 atom stereocenters. The maximum atomic E-state index is 13.8. The maximum absolute atomic E-state index is 13.8. The molecular formula is C31H54BN5O6. The molecule has 0 aromatic heterocycles. The van der Waals surface area contributed by atoms with Crippen molar-refractivity contribution in [3.8, 4) is 0 Å². The van der Waals surface area contributed by atoms with Gasteiger partial charge in [-0.25, -0.2) is 15.1 Å². The van der Waals surface area contributed by atoms with Gasteiger partial charge in [0.2, 0.25) is 5.91 Å². The molecule has 11 nitrogen and oxygen atoms in total. The van der Waals surface area contributed by atoms with Gasteiger partial charge in [-0.15, -0.1) is 0 Å². The normalized spacial score (nSPS) is 27.5. The van der Waals surface area contributed by atoms with Crippen LogP contribution in [-0.2, 0) is 18.9 Å². The van der Waals surface area contributed by atoms with E-state index in [-0.39, 0.29) is 53.7 Å². The number of hydrazine groups is 1. The van der Waals surface area contributed by atoms with E-state index in [1.54, 1.807) is 6.08 Å². The van der Waals surface area contributed by atoms with Gasteiger partial charge >= 0.3 is 7.12 Å². The lowest BCUT2D eigenvalue weighted by molar-refractivity contribution is -0.525. The summed E-state index contributed by atoms with van der Waals surface area (Å²) in [4.78, 5) is 41.2. The number of carbonyl (C=O) groups excluding carboxylic acids is 2. The predicted octanol–water partition coefficient (Wildman–Crippen LogP) is 4.76. The van der Waals surface area contributed by atoms with E-state index in [1.807, 2.05) is 11.5 Å². The number of rotatable bonds is 18. The van der Waals surface area contributed by atoms with Crippen LogP contribution in [0.1, 0.15) is 112 Å². The molecule has 242 valence electrons. The van der Waals surface area contributed by atoms with E-state index in [0.717, 1.165) is 38.5 Å². The molecule has 4 aliphatic rings. The zero-order valence-corrected chi connectivity index (χ0v) is 27.1. The van der Waals surface area contributed by atoms with Crippen LogP contribution >= 0.6 is 0 Å². The number of ketones is 1. The highest BCUT2D eigenvalue weighted by Gasteiger charge is 2.68. The molecule has 4 N–H and O–H groups in total. The summed E-state index contributed by atoms with van der Waals surface area (Å²) in [5, 5.41) is 13.0. The summed E-state index contributed by atoms with van der Waals surface area (Å²) in [6, 6.07) is 0. The molecule has 0 aromatic carbocycles. The van der Waals surface area contributed by atoms with E-state index >= 15 is 0 Å². The molecule has 2 bridgehead atoms. The molecule has 3 saturated carbocycles. The van der Waals surface area contributed by atoms with Gasteiger partial charge in [-0.05, 0) is 81.1 Å². The van der Waals surface area contributed by atoms with Crippen molar-refractivity contribution in [2.24, 2.45) is 39.8 Å². The summed E-state index contributed by atoms with van der Waals surface area (Å²) in [6.07, 6.45) is 12.6. The highest BCUT2D eigenvalue weighted by atomic mass is 16.7. The minimum Gasteiger partial charge on any atom is -0.404 e. The number of nitro groups is 1. The number of guanidine groups is 1. The Hall–Kier alpha value is -2.47. The van der Waals surface area contributed by atoms with Crippen LogP contribution < -0.4 is 16.5 Å². The number of hydrogen-bond acceptors (Lipinski definition) is 7. The van der Waals surface area contributed by atoms with Gasteiger partial charge in [0, 0.05) is 18.9 Å². The molecule has 43 heavy (non-hydrogen) atoms. The number of allylic oxidation sites excluding steroid dienone is 2. The second-order valence-electron chi connectivity index (χ2n) is 14.0. The summed E-state index contributed by atoms with van der Waals surface area (Å²) in [6.45, 7) is 13.4. The molecule has 0 spiro atoms. The van der Waals surface area contributed by atoms with Crippen molar-refractivity contribution in [3.05, 3.63) is 22.3 Å². The van der Waals surface area contributed by atoms with Gasteiger partial charge in [0.1, 0.15) is 0 Å². The zero-order valence-electron chi connectivity index (χ0n) is 27.1. The molecule has 1 amide bonds. The number of unbranched alkanes of at least 4 members (excludes halogenated alkanes) is 4. The van der Waals surface area contributed by atoms with E-state index in [1.165, 1.54) is 6.42 Å². The third kappa shape index (κ3) is 9.27. The number of nitrogens with one attached hydrogen (secondary N) is 2. The zero-order chi connectivity index (χ0) is 31.8. The molecule has 0 radical (unpaired) electrons. The molecule has 1 heterocycles. The number of amides is 1. The largest absolute Gasteiger partial charge is 0.481 e. The Balaban J connectivity index is 1.67. The van der Waals surface area contributed by atoms with Gasteiger partial charge in [-0.1, -0.05) is 65.4 Å². The van der Waals surface area contributed by atoms with Crippen LogP contribution in [0.4, 0.5) is 0 Å². The first kappa shape index (κ1) is 35.0. The number of hydrogen-bond donors (Lipinski definition) is 3. The van der Waals surface area contributed by atoms with Gasteiger partial charge in [-0.3, -0.25) is 9.59 Å². The maximum Gasteiger partial charge on any atom is 0.481 e. The first-order valence-corrected chi connectivity index (χ1v) is 16.3.